The number of benzene rings is 1. The molecule has 0 saturated heterocycles. The fourth-order valence-corrected chi connectivity index (χ4v) is 3.37. The maximum absolute atomic E-state index is 12.2. The molecule has 0 fully saturated rings. The van der Waals surface area contributed by atoms with Gasteiger partial charge in [0.05, 0.1) is 5.75 Å². The molecule has 5 nitrogen and oxygen atoms in total. The molecule has 0 radical (unpaired) electrons. The van der Waals surface area contributed by atoms with E-state index < -0.39 is 0 Å². The summed E-state index contributed by atoms with van der Waals surface area (Å²) < 4.78 is 2.00. The highest BCUT2D eigenvalue weighted by Gasteiger charge is 2.18. The minimum absolute atomic E-state index is 0.00966. The molecule has 2 aromatic rings. The fraction of sp³-hybridized carbons (Fsp3) is 0.500. The third kappa shape index (κ3) is 5.71. The number of amides is 1. The van der Waals surface area contributed by atoms with E-state index in [0.717, 1.165) is 16.5 Å². The number of thioether (sulfide) groups is 1. The molecule has 1 aromatic carbocycles. The Morgan fingerprint density at radius 2 is 1.86 bits per heavy atom. The van der Waals surface area contributed by atoms with Crippen molar-refractivity contribution in [3.05, 3.63) is 42.5 Å². The van der Waals surface area contributed by atoms with Gasteiger partial charge in [0.1, 0.15) is 0 Å². The number of aromatic nitrogens is 3. The maximum Gasteiger partial charge on any atom is 0.230 e. The smallest absolute Gasteiger partial charge is 0.230 e. The number of carbonyl (C=O) groups excluding carboxylic acids is 1. The van der Waals surface area contributed by atoms with Crippen molar-refractivity contribution in [1.82, 2.24) is 20.1 Å². The van der Waals surface area contributed by atoms with Gasteiger partial charge in [-0.15, -0.1) is 16.8 Å². The molecule has 0 bridgehead atoms. The van der Waals surface area contributed by atoms with Crippen molar-refractivity contribution in [2.24, 2.45) is 5.92 Å². The van der Waals surface area contributed by atoms with Crippen LogP contribution >= 0.6 is 11.8 Å². The number of nitrogens with one attached hydrogen (secondary N) is 1. The first-order valence-corrected chi connectivity index (χ1v) is 10.7. The van der Waals surface area contributed by atoms with E-state index in [9.17, 15) is 4.79 Å². The Bertz CT molecular complexity index is 803. The van der Waals surface area contributed by atoms with Gasteiger partial charge in [0, 0.05) is 18.2 Å². The van der Waals surface area contributed by atoms with Gasteiger partial charge in [-0.3, -0.25) is 9.36 Å². The van der Waals surface area contributed by atoms with Crippen LogP contribution in [0.15, 0.2) is 42.1 Å². The van der Waals surface area contributed by atoms with Gasteiger partial charge >= 0.3 is 0 Å². The lowest BCUT2D eigenvalue weighted by molar-refractivity contribution is -0.119. The standard InChI is InChI=1S/C22H32N4OS/c1-8-13-26-20(17-9-11-18(12-10-17)22(5,6)7)24-25-21(26)28-14-19(27)23-16(4)15(2)3/h8-12,15-16H,1,13-14H2,2-7H3,(H,23,27)/t16-/m1/s1. The third-order valence-electron chi connectivity index (χ3n) is 4.76. The van der Waals surface area contributed by atoms with Gasteiger partial charge in [0.15, 0.2) is 11.0 Å². The van der Waals surface area contributed by atoms with E-state index >= 15 is 0 Å². The zero-order valence-electron chi connectivity index (χ0n) is 17.8. The van der Waals surface area contributed by atoms with Crippen molar-refractivity contribution in [3.63, 3.8) is 0 Å². The minimum Gasteiger partial charge on any atom is -0.353 e. The second-order valence-corrected chi connectivity index (χ2v) is 9.36. The first-order chi connectivity index (χ1) is 13.1. The maximum atomic E-state index is 12.2. The number of carbonyl (C=O) groups is 1. The van der Waals surface area contributed by atoms with Crippen LogP contribution in [0.1, 0.15) is 47.1 Å². The van der Waals surface area contributed by atoms with E-state index in [2.05, 4.69) is 81.0 Å². The molecule has 2 rings (SSSR count). The molecule has 0 unspecified atom stereocenters. The van der Waals surface area contributed by atoms with Crippen LogP contribution in [0, 0.1) is 5.92 Å². The lowest BCUT2D eigenvalue weighted by Gasteiger charge is -2.19. The van der Waals surface area contributed by atoms with Crippen LogP contribution in [0.4, 0.5) is 0 Å². The van der Waals surface area contributed by atoms with Gasteiger partial charge < -0.3 is 5.32 Å². The summed E-state index contributed by atoms with van der Waals surface area (Å²) in [6.45, 7) is 17.2. The van der Waals surface area contributed by atoms with E-state index in [1.54, 1.807) is 0 Å². The van der Waals surface area contributed by atoms with Crippen molar-refractivity contribution in [1.29, 1.82) is 0 Å². The summed E-state index contributed by atoms with van der Waals surface area (Å²) in [5, 5.41) is 12.4. The highest BCUT2D eigenvalue weighted by atomic mass is 32.2. The van der Waals surface area contributed by atoms with Gasteiger partial charge in [-0.05, 0) is 23.8 Å². The largest absolute Gasteiger partial charge is 0.353 e. The van der Waals surface area contributed by atoms with Crippen LogP contribution in [0.25, 0.3) is 11.4 Å². The molecule has 1 N–H and O–H groups in total. The summed E-state index contributed by atoms with van der Waals surface area (Å²) in [7, 11) is 0. The van der Waals surface area contributed by atoms with Crippen LogP contribution in [-0.4, -0.2) is 32.5 Å². The second kappa shape index (κ2) is 9.41. The summed E-state index contributed by atoms with van der Waals surface area (Å²) in [5.74, 6) is 1.52. The number of rotatable bonds is 8. The Morgan fingerprint density at radius 1 is 1.21 bits per heavy atom. The summed E-state index contributed by atoms with van der Waals surface area (Å²) in [6.07, 6.45) is 1.82. The Hall–Kier alpha value is -2.08. The summed E-state index contributed by atoms with van der Waals surface area (Å²) >= 11 is 1.40. The first-order valence-electron chi connectivity index (χ1n) is 9.70. The quantitative estimate of drug-likeness (QED) is 0.516. The number of hydrogen-bond donors (Lipinski definition) is 1. The zero-order chi connectivity index (χ0) is 20.9. The summed E-state index contributed by atoms with van der Waals surface area (Å²) in [4.78, 5) is 12.2. The van der Waals surface area contributed by atoms with E-state index in [1.807, 2.05) is 17.6 Å². The average Bonchev–Trinajstić information content (AvgIpc) is 3.02. The molecule has 152 valence electrons. The summed E-state index contributed by atoms with van der Waals surface area (Å²) in [6, 6.07) is 8.58. The van der Waals surface area contributed by atoms with Gasteiger partial charge in [0.25, 0.3) is 0 Å². The van der Waals surface area contributed by atoms with Crippen LogP contribution in [-0.2, 0) is 16.8 Å². The molecule has 0 aliphatic heterocycles. The molecular weight excluding hydrogens is 368 g/mol. The number of allylic oxidation sites excluding steroid dienone is 1. The molecule has 0 aliphatic carbocycles. The van der Waals surface area contributed by atoms with Gasteiger partial charge in [0.2, 0.25) is 5.91 Å². The minimum atomic E-state index is 0.00966. The molecule has 1 atom stereocenters. The van der Waals surface area contributed by atoms with Crippen molar-refractivity contribution in [2.75, 3.05) is 5.75 Å². The summed E-state index contributed by atoms with van der Waals surface area (Å²) in [5.41, 5.74) is 2.39. The number of nitrogens with zero attached hydrogens (tertiary/aromatic N) is 3. The molecule has 1 heterocycles. The van der Waals surface area contributed by atoms with Crippen LogP contribution in [0.2, 0.25) is 0 Å². The molecule has 0 aliphatic rings. The topological polar surface area (TPSA) is 59.8 Å². The van der Waals surface area contributed by atoms with Crippen molar-refractivity contribution < 1.29 is 4.79 Å². The SMILES string of the molecule is C=CCn1c(SCC(=O)N[C@H](C)C(C)C)nnc1-c1ccc(C(C)(C)C)cc1. The third-order valence-corrected chi connectivity index (χ3v) is 5.73. The van der Waals surface area contributed by atoms with Crippen molar-refractivity contribution >= 4 is 17.7 Å². The molecule has 6 heteroatoms. The predicted octanol–water partition coefficient (Wildman–Crippen LogP) is 4.68. The molecule has 1 aromatic heterocycles. The number of hydrogen-bond acceptors (Lipinski definition) is 4. The first kappa shape index (κ1) is 22.2. The Labute approximate surface area is 173 Å². The van der Waals surface area contributed by atoms with Gasteiger partial charge in [-0.25, -0.2) is 0 Å². The average molecular weight is 401 g/mol. The fourth-order valence-electron chi connectivity index (χ4n) is 2.61. The zero-order valence-corrected chi connectivity index (χ0v) is 18.6. The Kier molecular flexibility index (Phi) is 7.47. The molecule has 0 saturated carbocycles. The van der Waals surface area contributed by atoms with Gasteiger partial charge in [-0.1, -0.05) is 76.7 Å². The highest BCUT2D eigenvalue weighted by molar-refractivity contribution is 7.99. The van der Waals surface area contributed by atoms with Gasteiger partial charge in [-0.2, -0.15) is 0 Å². The van der Waals surface area contributed by atoms with E-state index in [0.29, 0.717) is 18.2 Å². The lowest BCUT2D eigenvalue weighted by atomic mass is 9.87. The van der Waals surface area contributed by atoms with Crippen molar-refractivity contribution in [3.8, 4) is 11.4 Å². The highest BCUT2D eigenvalue weighted by Crippen LogP contribution is 2.27. The lowest BCUT2D eigenvalue weighted by Crippen LogP contribution is -2.37. The van der Waals surface area contributed by atoms with E-state index in [4.69, 9.17) is 0 Å². The van der Waals surface area contributed by atoms with Crippen molar-refractivity contribution in [2.45, 2.75) is 64.7 Å². The second-order valence-electron chi connectivity index (χ2n) is 8.42. The molecule has 1 amide bonds. The molecule has 28 heavy (non-hydrogen) atoms. The van der Waals surface area contributed by atoms with E-state index in [1.165, 1.54) is 17.3 Å². The van der Waals surface area contributed by atoms with Crippen LogP contribution in [0.5, 0.6) is 0 Å². The Balaban J connectivity index is 2.17. The molecular formula is C22H32N4OS. The van der Waals surface area contributed by atoms with E-state index in [-0.39, 0.29) is 17.4 Å². The predicted molar refractivity (Wildman–Crippen MR) is 118 cm³/mol. The Morgan fingerprint density at radius 3 is 2.39 bits per heavy atom. The normalized spacial score (nSPS) is 12.8. The van der Waals surface area contributed by atoms with Crippen LogP contribution in [0.3, 0.4) is 0 Å². The molecule has 0 spiro atoms. The monoisotopic (exact) mass is 400 g/mol. The van der Waals surface area contributed by atoms with Crippen LogP contribution < -0.4 is 5.32 Å².